The number of carbonyl (C=O) groups is 2. The monoisotopic (exact) mass is 488 g/mol. The van der Waals surface area contributed by atoms with Crippen molar-refractivity contribution in [1.82, 2.24) is 19.8 Å². The minimum absolute atomic E-state index is 0.0854. The zero-order valence-corrected chi connectivity index (χ0v) is 21.7. The second kappa shape index (κ2) is 9.60. The number of hydrogen-bond acceptors (Lipinski definition) is 4. The van der Waals surface area contributed by atoms with Gasteiger partial charge in [-0.1, -0.05) is 31.2 Å². The van der Waals surface area contributed by atoms with Gasteiger partial charge in [0.15, 0.2) is 5.82 Å². The number of para-hydroxylation sites is 2. The van der Waals surface area contributed by atoms with Gasteiger partial charge in [-0.3, -0.25) is 9.59 Å². The van der Waals surface area contributed by atoms with E-state index in [0.29, 0.717) is 24.8 Å². The van der Waals surface area contributed by atoms with Crippen molar-refractivity contribution in [3.05, 3.63) is 59.9 Å². The van der Waals surface area contributed by atoms with Gasteiger partial charge in [-0.25, -0.2) is 4.98 Å². The number of amides is 2. The normalized spacial score (nSPS) is 24.1. The average Bonchev–Trinajstić information content (AvgIpc) is 3.22. The summed E-state index contributed by atoms with van der Waals surface area (Å²) in [6.07, 6.45) is 4.28. The van der Waals surface area contributed by atoms with Gasteiger partial charge in [0.25, 0.3) is 5.91 Å². The summed E-state index contributed by atoms with van der Waals surface area (Å²) in [5, 5.41) is 3.30. The summed E-state index contributed by atoms with van der Waals surface area (Å²) in [5.41, 5.74) is 1.53. The number of nitrogens with one attached hydrogen (secondary N) is 1. The predicted molar refractivity (Wildman–Crippen MR) is 140 cm³/mol. The Morgan fingerprint density at radius 2 is 1.81 bits per heavy atom. The number of carbonyl (C=O) groups excluding carboxylic acids is 2. The van der Waals surface area contributed by atoms with Crippen LogP contribution in [0.25, 0.3) is 11.0 Å². The minimum Gasteiger partial charge on any atom is -0.491 e. The van der Waals surface area contributed by atoms with Crippen LogP contribution in [-0.2, 0) is 17.9 Å². The first-order chi connectivity index (χ1) is 17.2. The van der Waals surface area contributed by atoms with Gasteiger partial charge in [0, 0.05) is 12.6 Å². The van der Waals surface area contributed by atoms with Crippen molar-refractivity contribution in [3.63, 3.8) is 0 Å². The first-order valence-corrected chi connectivity index (χ1v) is 13.1. The lowest BCUT2D eigenvalue weighted by atomic mass is 9.86. The molecule has 2 heterocycles. The molecule has 1 aliphatic carbocycles. The summed E-state index contributed by atoms with van der Waals surface area (Å²) in [6.45, 7) is 8.81. The zero-order chi connectivity index (χ0) is 25.4. The number of fused-ring (bicyclic) bond motifs is 3. The van der Waals surface area contributed by atoms with E-state index in [1.165, 1.54) is 0 Å². The molecule has 1 atom stereocenters. The lowest BCUT2D eigenvalue weighted by molar-refractivity contribution is -0.134. The van der Waals surface area contributed by atoms with Gasteiger partial charge < -0.3 is 19.5 Å². The average molecular weight is 489 g/mol. The molecule has 0 radical (unpaired) electrons. The van der Waals surface area contributed by atoms with Gasteiger partial charge in [-0.2, -0.15) is 0 Å². The zero-order valence-electron chi connectivity index (χ0n) is 21.7. The number of benzene rings is 2. The molecule has 190 valence electrons. The maximum Gasteiger partial charge on any atom is 0.291 e. The molecule has 1 N–H and O–H groups in total. The van der Waals surface area contributed by atoms with Gasteiger partial charge in [0.2, 0.25) is 5.91 Å². The van der Waals surface area contributed by atoms with Crippen molar-refractivity contribution in [3.8, 4) is 5.75 Å². The van der Waals surface area contributed by atoms with Crippen molar-refractivity contribution in [2.45, 2.75) is 84.2 Å². The highest BCUT2D eigenvalue weighted by molar-refractivity contribution is 6.01. The molecule has 1 aromatic heterocycles. The summed E-state index contributed by atoms with van der Waals surface area (Å²) in [5.74, 6) is 1.54. The van der Waals surface area contributed by atoms with Crippen molar-refractivity contribution in [1.29, 1.82) is 0 Å². The standard InChI is InChI=1S/C29H36N4O3/c1-19(2)36-23-15-11-21(12-16-23)17-33-27(34)26-31-24-7-5-6-8-25(24)32(26)18-29(33,4)28(35)30-22-13-9-20(3)10-14-22/h5-8,11-12,15-16,19-20,22H,9-10,13-14,17-18H2,1-4H3,(H,30,35)/t20?,22?,29-/m1/s1. The van der Waals surface area contributed by atoms with Crippen LogP contribution in [0.1, 0.15) is 69.6 Å². The third kappa shape index (κ3) is 4.59. The number of nitrogens with zero attached hydrogens (tertiary/aromatic N) is 3. The Bertz CT molecular complexity index is 1260. The van der Waals surface area contributed by atoms with E-state index in [1.54, 1.807) is 4.90 Å². The molecular formula is C29H36N4O3. The van der Waals surface area contributed by atoms with Gasteiger partial charge in [-0.05, 0) is 82.2 Å². The van der Waals surface area contributed by atoms with E-state index in [2.05, 4.69) is 17.2 Å². The number of rotatable bonds is 6. The molecule has 36 heavy (non-hydrogen) atoms. The van der Waals surface area contributed by atoms with Crippen molar-refractivity contribution in [2.24, 2.45) is 5.92 Å². The van der Waals surface area contributed by atoms with Crippen LogP contribution < -0.4 is 10.1 Å². The highest BCUT2D eigenvalue weighted by atomic mass is 16.5. The molecule has 2 amide bonds. The van der Waals surface area contributed by atoms with E-state index in [1.807, 2.05) is 73.9 Å². The Kier molecular flexibility index (Phi) is 6.49. The maximum atomic E-state index is 13.9. The number of imidazole rings is 1. The third-order valence-corrected chi connectivity index (χ3v) is 7.63. The highest BCUT2D eigenvalue weighted by Gasteiger charge is 2.48. The van der Waals surface area contributed by atoms with Crippen LogP contribution in [0, 0.1) is 5.92 Å². The van der Waals surface area contributed by atoms with E-state index >= 15 is 0 Å². The molecule has 1 saturated carbocycles. The second-order valence-electron chi connectivity index (χ2n) is 10.9. The summed E-state index contributed by atoms with van der Waals surface area (Å²) in [6, 6.07) is 15.6. The third-order valence-electron chi connectivity index (χ3n) is 7.63. The van der Waals surface area contributed by atoms with E-state index in [9.17, 15) is 9.59 Å². The summed E-state index contributed by atoms with van der Waals surface area (Å²) >= 11 is 0. The van der Waals surface area contributed by atoms with Crippen LogP contribution in [0.15, 0.2) is 48.5 Å². The summed E-state index contributed by atoms with van der Waals surface area (Å²) < 4.78 is 7.69. The molecule has 0 bridgehead atoms. The lowest BCUT2D eigenvalue weighted by Gasteiger charge is -2.44. The molecule has 0 saturated heterocycles. The Morgan fingerprint density at radius 3 is 2.50 bits per heavy atom. The number of hydrogen-bond donors (Lipinski definition) is 1. The van der Waals surface area contributed by atoms with Gasteiger partial charge in [0.05, 0.1) is 23.7 Å². The SMILES string of the molecule is CC1CCC(NC(=O)[C@@]2(C)Cn3c(nc4ccccc43)C(=O)N2Cc2ccc(OC(C)C)cc2)CC1. The van der Waals surface area contributed by atoms with Gasteiger partial charge >= 0.3 is 0 Å². The first kappa shape index (κ1) is 24.3. The molecule has 0 spiro atoms. The van der Waals surface area contributed by atoms with Crippen LogP contribution in [0.3, 0.4) is 0 Å². The topological polar surface area (TPSA) is 76.5 Å². The van der Waals surface area contributed by atoms with Crippen LogP contribution in [0.4, 0.5) is 0 Å². The summed E-state index contributed by atoms with van der Waals surface area (Å²) in [7, 11) is 0. The first-order valence-electron chi connectivity index (χ1n) is 13.1. The summed E-state index contributed by atoms with van der Waals surface area (Å²) in [4.78, 5) is 34.1. The Balaban J connectivity index is 1.48. The van der Waals surface area contributed by atoms with E-state index < -0.39 is 5.54 Å². The van der Waals surface area contributed by atoms with Crippen LogP contribution >= 0.6 is 0 Å². The predicted octanol–water partition coefficient (Wildman–Crippen LogP) is 4.93. The number of ether oxygens (including phenoxy) is 1. The molecular weight excluding hydrogens is 452 g/mol. The van der Waals surface area contributed by atoms with E-state index in [4.69, 9.17) is 4.74 Å². The van der Waals surface area contributed by atoms with E-state index in [0.717, 1.165) is 48.0 Å². The highest BCUT2D eigenvalue weighted by Crippen LogP contribution is 2.33. The fraction of sp³-hybridized carbons (Fsp3) is 0.483. The molecule has 5 rings (SSSR count). The molecule has 2 aromatic carbocycles. The molecule has 2 aliphatic rings. The van der Waals surface area contributed by atoms with Gasteiger partial charge in [0.1, 0.15) is 11.3 Å². The molecule has 0 unspecified atom stereocenters. The molecule has 7 nitrogen and oxygen atoms in total. The second-order valence-corrected chi connectivity index (χ2v) is 10.9. The minimum atomic E-state index is -1.05. The quantitative estimate of drug-likeness (QED) is 0.534. The Hall–Kier alpha value is -3.35. The lowest BCUT2D eigenvalue weighted by Crippen LogP contribution is -2.64. The molecule has 1 fully saturated rings. The largest absolute Gasteiger partial charge is 0.491 e. The van der Waals surface area contributed by atoms with Crippen molar-refractivity contribution in [2.75, 3.05) is 0 Å². The molecule has 1 aliphatic heterocycles. The molecule has 3 aromatic rings. The Labute approximate surface area is 212 Å². The van der Waals surface area contributed by atoms with Crippen LogP contribution in [-0.4, -0.2) is 44.0 Å². The van der Waals surface area contributed by atoms with Crippen molar-refractivity contribution < 1.29 is 14.3 Å². The fourth-order valence-corrected chi connectivity index (χ4v) is 5.45. The van der Waals surface area contributed by atoms with E-state index in [-0.39, 0.29) is 24.0 Å². The van der Waals surface area contributed by atoms with Gasteiger partial charge in [-0.15, -0.1) is 0 Å². The van der Waals surface area contributed by atoms with Crippen LogP contribution in [0.5, 0.6) is 5.75 Å². The number of aromatic nitrogens is 2. The van der Waals surface area contributed by atoms with Crippen LogP contribution in [0.2, 0.25) is 0 Å². The maximum absolute atomic E-state index is 13.9. The molecule has 7 heteroatoms. The smallest absolute Gasteiger partial charge is 0.291 e. The Morgan fingerprint density at radius 1 is 1.11 bits per heavy atom. The van der Waals surface area contributed by atoms with Crippen molar-refractivity contribution >= 4 is 22.8 Å². The fourth-order valence-electron chi connectivity index (χ4n) is 5.45.